The summed E-state index contributed by atoms with van der Waals surface area (Å²) in [5.74, 6) is 0. The fourth-order valence-corrected chi connectivity index (χ4v) is 0.632. The number of methoxy groups -OCH3 is 1. The lowest BCUT2D eigenvalue weighted by molar-refractivity contribution is -0.00318. The Morgan fingerprint density at radius 1 is 1.07 bits per heavy atom. The van der Waals surface area contributed by atoms with E-state index in [9.17, 15) is 0 Å². The van der Waals surface area contributed by atoms with Crippen LogP contribution in [0.5, 0.6) is 0 Å². The van der Waals surface area contributed by atoms with Crippen molar-refractivity contribution in [1.29, 1.82) is 0 Å². The first kappa shape index (κ1) is 16.2. The molecule has 0 aromatic heterocycles. The van der Waals surface area contributed by atoms with Crippen molar-refractivity contribution in [2.75, 3.05) is 40.1 Å². The molecule has 1 unspecified atom stereocenters. The first-order chi connectivity index (χ1) is 6.76. The summed E-state index contributed by atoms with van der Waals surface area (Å²) in [7, 11) is 1.66. The second kappa shape index (κ2) is 15.3. The molecule has 0 rings (SSSR count). The lowest BCUT2D eigenvalue weighted by atomic mass is 10.3. The quantitative estimate of drug-likeness (QED) is 0.489. The van der Waals surface area contributed by atoms with Gasteiger partial charge in [0.1, 0.15) is 0 Å². The van der Waals surface area contributed by atoms with Crippen molar-refractivity contribution in [1.82, 2.24) is 0 Å². The van der Waals surface area contributed by atoms with Gasteiger partial charge in [-0.05, 0) is 6.42 Å². The van der Waals surface area contributed by atoms with Gasteiger partial charge in [0.05, 0.1) is 39.1 Å². The van der Waals surface area contributed by atoms with Gasteiger partial charge in [-0.15, -0.1) is 0 Å². The standard InChI is InChI=1S/C7H16O3.C2H6O2/c1-3-7(9-2)6-10-5-4-8;3-1-2-4/h7-8H,3-6H2,1-2H3;3-4H,1-2H2. The fraction of sp³-hybridized carbons (Fsp3) is 1.00. The van der Waals surface area contributed by atoms with Crippen molar-refractivity contribution < 1.29 is 24.8 Å². The van der Waals surface area contributed by atoms with E-state index in [0.29, 0.717) is 13.2 Å². The number of aliphatic hydroxyl groups is 3. The van der Waals surface area contributed by atoms with E-state index in [-0.39, 0.29) is 25.9 Å². The molecule has 0 aliphatic rings. The Hall–Kier alpha value is -0.200. The molecule has 0 fully saturated rings. The maximum atomic E-state index is 8.36. The molecule has 14 heavy (non-hydrogen) atoms. The highest BCUT2D eigenvalue weighted by atomic mass is 16.5. The summed E-state index contributed by atoms with van der Waals surface area (Å²) in [5.41, 5.74) is 0. The van der Waals surface area contributed by atoms with Crippen LogP contribution in [0, 0.1) is 0 Å². The number of rotatable bonds is 7. The van der Waals surface area contributed by atoms with Crippen LogP contribution in [0.25, 0.3) is 0 Å². The molecule has 0 aromatic carbocycles. The summed E-state index contributed by atoms with van der Waals surface area (Å²) in [5, 5.41) is 23.6. The molecule has 0 saturated heterocycles. The van der Waals surface area contributed by atoms with Gasteiger partial charge in [0.15, 0.2) is 0 Å². The lowest BCUT2D eigenvalue weighted by Crippen LogP contribution is -2.18. The smallest absolute Gasteiger partial charge is 0.0802 e. The van der Waals surface area contributed by atoms with Gasteiger partial charge in [-0.2, -0.15) is 0 Å². The zero-order valence-electron chi connectivity index (χ0n) is 8.98. The molecule has 0 aliphatic heterocycles. The Balaban J connectivity index is 0. The molecule has 5 nitrogen and oxygen atoms in total. The molecular weight excluding hydrogens is 188 g/mol. The second-order valence-corrected chi connectivity index (χ2v) is 2.51. The highest BCUT2D eigenvalue weighted by molar-refractivity contribution is 4.50. The predicted molar refractivity (Wildman–Crippen MR) is 53.2 cm³/mol. The average molecular weight is 210 g/mol. The zero-order chi connectivity index (χ0) is 11.2. The monoisotopic (exact) mass is 210 g/mol. The van der Waals surface area contributed by atoms with E-state index >= 15 is 0 Å². The van der Waals surface area contributed by atoms with Crippen molar-refractivity contribution in [3.05, 3.63) is 0 Å². The maximum Gasteiger partial charge on any atom is 0.0802 e. The molecule has 0 spiro atoms. The summed E-state index contributed by atoms with van der Waals surface area (Å²) >= 11 is 0. The van der Waals surface area contributed by atoms with Gasteiger partial charge in [0.25, 0.3) is 0 Å². The average Bonchev–Trinajstić information content (AvgIpc) is 2.25. The van der Waals surface area contributed by atoms with Crippen molar-refractivity contribution in [3.8, 4) is 0 Å². The number of aliphatic hydroxyl groups excluding tert-OH is 3. The summed E-state index contributed by atoms with van der Waals surface area (Å²) in [6, 6.07) is 0. The molecule has 1 atom stereocenters. The van der Waals surface area contributed by atoms with E-state index in [1.165, 1.54) is 0 Å². The summed E-state index contributed by atoms with van der Waals surface area (Å²) in [6.45, 7) is 2.85. The minimum atomic E-state index is -0.125. The predicted octanol–water partition coefficient (Wildman–Crippen LogP) is -0.609. The Bertz CT molecular complexity index is 83.3. The van der Waals surface area contributed by atoms with Gasteiger partial charge >= 0.3 is 0 Å². The van der Waals surface area contributed by atoms with Crippen LogP contribution in [0.2, 0.25) is 0 Å². The topological polar surface area (TPSA) is 79.2 Å². The van der Waals surface area contributed by atoms with Gasteiger partial charge in [-0.3, -0.25) is 0 Å². The number of hydrogen-bond acceptors (Lipinski definition) is 5. The maximum absolute atomic E-state index is 8.36. The molecule has 0 aliphatic carbocycles. The lowest BCUT2D eigenvalue weighted by Gasteiger charge is -2.11. The molecule has 0 saturated carbocycles. The van der Waals surface area contributed by atoms with E-state index < -0.39 is 0 Å². The summed E-state index contributed by atoms with van der Waals surface area (Å²) < 4.78 is 10.1. The molecule has 0 heterocycles. The van der Waals surface area contributed by atoms with Crippen LogP contribution in [0.3, 0.4) is 0 Å². The van der Waals surface area contributed by atoms with Gasteiger partial charge in [-0.1, -0.05) is 6.92 Å². The van der Waals surface area contributed by atoms with Gasteiger partial charge in [0, 0.05) is 7.11 Å². The first-order valence-corrected chi connectivity index (χ1v) is 4.69. The van der Waals surface area contributed by atoms with E-state index in [4.69, 9.17) is 24.8 Å². The highest BCUT2D eigenvalue weighted by Gasteiger charge is 2.02. The van der Waals surface area contributed by atoms with Crippen molar-refractivity contribution in [2.45, 2.75) is 19.4 Å². The van der Waals surface area contributed by atoms with E-state index in [2.05, 4.69) is 0 Å². The summed E-state index contributed by atoms with van der Waals surface area (Å²) in [4.78, 5) is 0. The molecular formula is C9H22O5. The molecule has 88 valence electrons. The first-order valence-electron chi connectivity index (χ1n) is 4.69. The van der Waals surface area contributed by atoms with Gasteiger partial charge in [-0.25, -0.2) is 0 Å². The summed E-state index contributed by atoms with van der Waals surface area (Å²) in [6.07, 6.45) is 1.12. The van der Waals surface area contributed by atoms with Crippen LogP contribution >= 0.6 is 0 Å². The molecule has 3 N–H and O–H groups in total. The van der Waals surface area contributed by atoms with Crippen LogP contribution in [-0.2, 0) is 9.47 Å². The molecule has 0 amide bonds. The van der Waals surface area contributed by atoms with Gasteiger partial charge in [0.2, 0.25) is 0 Å². The second-order valence-electron chi connectivity index (χ2n) is 2.51. The van der Waals surface area contributed by atoms with Crippen LogP contribution in [0.15, 0.2) is 0 Å². The van der Waals surface area contributed by atoms with E-state index in [1.54, 1.807) is 7.11 Å². The van der Waals surface area contributed by atoms with E-state index in [0.717, 1.165) is 6.42 Å². The van der Waals surface area contributed by atoms with Crippen molar-refractivity contribution in [3.63, 3.8) is 0 Å². The normalized spacial score (nSPS) is 11.8. The SMILES string of the molecule is CCC(COCCO)OC.OCCO. The zero-order valence-corrected chi connectivity index (χ0v) is 8.98. The molecule has 0 radical (unpaired) electrons. The number of hydrogen-bond donors (Lipinski definition) is 3. The Kier molecular flexibility index (Phi) is 17.7. The third-order valence-electron chi connectivity index (χ3n) is 1.43. The van der Waals surface area contributed by atoms with Crippen LogP contribution < -0.4 is 0 Å². The molecule has 5 heteroatoms. The van der Waals surface area contributed by atoms with E-state index in [1.807, 2.05) is 6.92 Å². The Labute approximate surface area is 85.3 Å². The van der Waals surface area contributed by atoms with Gasteiger partial charge < -0.3 is 24.8 Å². The minimum absolute atomic E-state index is 0.0835. The van der Waals surface area contributed by atoms with Crippen molar-refractivity contribution in [2.24, 2.45) is 0 Å². The third-order valence-corrected chi connectivity index (χ3v) is 1.43. The third kappa shape index (κ3) is 14.3. The van der Waals surface area contributed by atoms with Crippen LogP contribution in [0.1, 0.15) is 13.3 Å². The fourth-order valence-electron chi connectivity index (χ4n) is 0.632. The molecule has 0 aromatic rings. The highest BCUT2D eigenvalue weighted by Crippen LogP contribution is 1.95. The Morgan fingerprint density at radius 3 is 1.93 bits per heavy atom. The largest absolute Gasteiger partial charge is 0.394 e. The number of ether oxygens (including phenoxy) is 2. The Morgan fingerprint density at radius 2 is 1.64 bits per heavy atom. The molecule has 0 bridgehead atoms. The van der Waals surface area contributed by atoms with Crippen molar-refractivity contribution >= 4 is 0 Å². The van der Waals surface area contributed by atoms with Crippen LogP contribution in [0.4, 0.5) is 0 Å². The minimum Gasteiger partial charge on any atom is -0.394 e. The van der Waals surface area contributed by atoms with Crippen LogP contribution in [-0.4, -0.2) is 61.6 Å².